The van der Waals surface area contributed by atoms with Gasteiger partial charge in [0, 0.05) is 12.1 Å². The van der Waals surface area contributed by atoms with E-state index >= 15 is 0 Å². The van der Waals surface area contributed by atoms with Crippen LogP contribution in [0.2, 0.25) is 0 Å². The molecule has 0 aliphatic carbocycles. The molecule has 1 aromatic heterocycles. The first-order valence-electron chi connectivity index (χ1n) is 10.1. The molecule has 0 bridgehead atoms. The molecule has 2 aromatic carbocycles. The topological polar surface area (TPSA) is 82.5 Å². The molecule has 0 spiro atoms. The lowest BCUT2D eigenvalue weighted by molar-refractivity contribution is -0.119. The Hall–Kier alpha value is -3.00. The number of carbonyl (C=O) groups is 1. The van der Waals surface area contributed by atoms with E-state index in [1.165, 1.54) is 11.8 Å². The molecule has 1 unspecified atom stereocenters. The minimum absolute atomic E-state index is 0.0788. The van der Waals surface area contributed by atoms with Crippen molar-refractivity contribution in [2.45, 2.75) is 38.0 Å². The average molecular weight is 442 g/mol. The first-order valence-corrected chi connectivity index (χ1v) is 11.1. The molecule has 8 heteroatoms. The molecule has 0 radical (unpaired) electrons. The summed E-state index contributed by atoms with van der Waals surface area (Å²) in [6.07, 6.45) is 0.798. The monoisotopic (exact) mass is 441 g/mol. The van der Waals surface area contributed by atoms with E-state index in [2.05, 4.69) is 10.3 Å². The predicted octanol–water partition coefficient (Wildman–Crippen LogP) is 3.79. The summed E-state index contributed by atoms with van der Waals surface area (Å²) in [5, 5.41) is 4.12. The van der Waals surface area contributed by atoms with Gasteiger partial charge in [-0.2, -0.15) is 0 Å². The van der Waals surface area contributed by atoms with E-state index in [0.29, 0.717) is 34.1 Å². The Balaban J connectivity index is 1.76. The Labute approximate surface area is 185 Å². The van der Waals surface area contributed by atoms with Crippen molar-refractivity contribution in [3.8, 4) is 11.5 Å². The smallest absolute Gasteiger partial charge is 0.262 e. The van der Waals surface area contributed by atoms with Crippen molar-refractivity contribution in [1.82, 2.24) is 14.9 Å². The van der Waals surface area contributed by atoms with Gasteiger partial charge in [-0.05, 0) is 43.7 Å². The molecule has 1 amide bonds. The Morgan fingerprint density at radius 3 is 2.68 bits per heavy atom. The van der Waals surface area contributed by atoms with E-state index in [1.807, 2.05) is 50.2 Å². The number of fused-ring (bicyclic) bond motifs is 1. The van der Waals surface area contributed by atoms with E-state index in [0.717, 1.165) is 12.0 Å². The number of aromatic nitrogens is 2. The molecule has 0 fully saturated rings. The molecule has 3 rings (SSSR count). The van der Waals surface area contributed by atoms with Crippen LogP contribution in [0.25, 0.3) is 10.9 Å². The summed E-state index contributed by atoms with van der Waals surface area (Å²) in [4.78, 5) is 30.1. The van der Waals surface area contributed by atoms with Crippen LogP contribution >= 0.6 is 11.8 Å². The quantitative estimate of drug-likeness (QED) is 0.402. The van der Waals surface area contributed by atoms with E-state index in [4.69, 9.17) is 9.47 Å². The summed E-state index contributed by atoms with van der Waals surface area (Å²) >= 11 is 1.26. The fourth-order valence-corrected chi connectivity index (χ4v) is 4.18. The number of hydrogen-bond acceptors (Lipinski definition) is 6. The number of rotatable bonds is 9. The largest absolute Gasteiger partial charge is 0.497 e. The number of ether oxygens (including phenoxy) is 2. The van der Waals surface area contributed by atoms with Crippen LogP contribution in [0, 0.1) is 0 Å². The molecule has 0 saturated carbocycles. The van der Waals surface area contributed by atoms with Gasteiger partial charge in [-0.15, -0.1) is 0 Å². The molecule has 1 heterocycles. The molecule has 31 heavy (non-hydrogen) atoms. The zero-order valence-corrected chi connectivity index (χ0v) is 19.0. The Bertz CT molecular complexity index is 1130. The van der Waals surface area contributed by atoms with Crippen LogP contribution in [0.4, 0.5) is 0 Å². The van der Waals surface area contributed by atoms with Crippen LogP contribution in [-0.2, 0) is 11.3 Å². The average Bonchev–Trinajstić information content (AvgIpc) is 2.79. The normalized spacial score (nSPS) is 11.9. The van der Waals surface area contributed by atoms with Crippen LogP contribution < -0.4 is 20.3 Å². The van der Waals surface area contributed by atoms with Gasteiger partial charge in [0.25, 0.3) is 5.56 Å². The van der Waals surface area contributed by atoms with Crippen LogP contribution in [-0.4, -0.2) is 35.4 Å². The number of methoxy groups -OCH3 is 2. The number of nitrogens with zero attached hydrogens (tertiary/aromatic N) is 2. The van der Waals surface area contributed by atoms with E-state index in [1.54, 1.807) is 24.9 Å². The molecule has 0 aliphatic rings. The minimum Gasteiger partial charge on any atom is -0.497 e. The van der Waals surface area contributed by atoms with Crippen LogP contribution in [0.5, 0.6) is 11.5 Å². The van der Waals surface area contributed by atoms with E-state index < -0.39 is 0 Å². The summed E-state index contributed by atoms with van der Waals surface area (Å²) in [5.41, 5.74) is 1.38. The number of hydrogen-bond donors (Lipinski definition) is 1. The van der Waals surface area contributed by atoms with Crippen molar-refractivity contribution in [2.24, 2.45) is 0 Å². The van der Waals surface area contributed by atoms with E-state index in [-0.39, 0.29) is 23.3 Å². The van der Waals surface area contributed by atoms with Crippen LogP contribution in [0.3, 0.4) is 0 Å². The second kappa shape index (κ2) is 10.3. The highest BCUT2D eigenvalue weighted by Gasteiger charge is 2.17. The fourth-order valence-electron chi connectivity index (χ4n) is 3.35. The number of amides is 1. The molecule has 7 nitrogen and oxygen atoms in total. The summed E-state index contributed by atoms with van der Waals surface area (Å²) in [6.45, 7) is 4.45. The SMILES string of the molecule is CCCn1c(SCC(=O)NC(C)c2cc(OC)ccc2OC)nc2ccccc2c1=O. The maximum absolute atomic E-state index is 12.9. The third-order valence-electron chi connectivity index (χ3n) is 4.89. The van der Waals surface area contributed by atoms with Crippen molar-refractivity contribution in [2.75, 3.05) is 20.0 Å². The standard InChI is InChI=1S/C23H27N3O4S/c1-5-12-26-22(28)17-8-6-7-9-19(17)25-23(26)31-14-21(27)24-15(2)18-13-16(29-3)10-11-20(18)30-4/h6-11,13,15H,5,12,14H2,1-4H3,(H,24,27). The lowest BCUT2D eigenvalue weighted by atomic mass is 10.1. The number of benzene rings is 2. The second-order valence-electron chi connectivity index (χ2n) is 7.05. The molecule has 164 valence electrons. The maximum atomic E-state index is 12.9. The minimum atomic E-state index is -0.277. The van der Waals surface area contributed by atoms with Crippen molar-refractivity contribution in [3.63, 3.8) is 0 Å². The number of carbonyl (C=O) groups excluding carboxylic acids is 1. The summed E-state index contributed by atoms with van der Waals surface area (Å²) < 4.78 is 12.3. The summed E-state index contributed by atoms with van der Waals surface area (Å²) in [7, 11) is 3.19. The number of thioether (sulfide) groups is 1. The Kier molecular flexibility index (Phi) is 7.57. The van der Waals surface area contributed by atoms with Gasteiger partial charge in [0.15, 0.2) is 5.16 Å². The second-order valence-corrected chi connectivity index (χ2v) is 8.00. The highest BCUT2D eigenvalue weighted by molar-refractivity contribution is 7.99. The molecule has 0 aliphatic heterocycles. The van der Waals surface area contributed by atoms with Crippen LogP contribution in [0.15, 0.2) is 52.4 Å². The van der Waals surface area contributed by atoms with Gasteiger partial charge in [0.05, 0.1) is 36.9 Å². The van der Waals surface area contributed by atoms with Gasteiger partial charge < -0.3 is 14.8 Å². The van der Waals surface area contributed by atoms with Gasteiger partial charge in [-0.1, -0.05) is 30.8 Å². The Morgan fingerprint density at radius 2 is 1.97 bits per heavy atom. The summed E-state index contributed by atoms with van der Waals surface area (Å²) in [6, 6.07) is 12.5. The summed E-state index contributed by atoms with van der Waals surface area (Å²) in [5.74, 6) is 1.35. The van der Waals surface area contributed by atoms with Gasteiger partial charge in [0.2, 0.25) is 5.91 Å². The van der Waals surface area contributed by atoms with Gasteiger partial charge in [-0.25, -0.2) is 4.98 Å². The number of nitrogens with one attached hydrogen (secondary N) is 1. The highest BCUT2D eigenvalue weighted by Crippen LogP contribution is 2.29. The lowest BCUT2D eigenvalue weighted by Crippen LogP contribution is -2.29. The maximum Gasteiger partial charge on any atom is 0.262 e. The molecular weight excluding hydrogens is 414 g/mol. The van der Waals surface area contributed by atoms with Gasteiger partial charge in [-0.3, -0.25) is 14.2 Å². The van der Waals surface area contributed by atoms with Gasteiger partial charge in [0.1, 0.15) is 11.5 Å². The number of para-hydroxylation sites is 1. The molecule has 1 N–H and O–H groups in total. The Morgan fingerprint density at radius 1 is 1.19 bits per heavy atom. The predicted molar refractivity (Wildman–Crippen MR) is 123 cm³/mol. The third kappa shape index (κ3) is 5.19. The zero-order chi connectivity index (χ0) is 22.4. The molecule has 3 aromatic rings. The third-order valence-corrected chi connectivity index (χ3v) is 5.86. The van der Waals surface area contributed by atoms with Crippen LogP contribution in [0.1, 0.15) is 31.9 Å². The van der Waals surface area contributed by atoms with Crippen molar-refractivity contribution >= 4 is 28.6 Å². The first-order chi connectivity index (χ1) is 15.0. The van der Waals surface area contributed by atoms with Crippen molar-refractivity contribution in [3.05, 3.63) is 58.4 Å². The van der Waals surface area contributed by atoms with Gasteiger partial charge >= 0.3 is 0 Å². The lowest BCUT2D eigenvalue weighted by Gasteiger charge is -2.18. The fraction of sp³-hybridized carbons (Fsp3) is 0.348. The van der Waals surface area contributed by atoms with Crippen molar-refractivity contribution in [1.29, 1.82) is 0 Å². The highest BCUT2D eigenvalue weighted by atomic mass is 32.2. The van der Waals surface area contributed by atoms with Crippen molar-refractivity contribution < 1.29 is 14.3 Å². The zero-order valence-electron chi connectivity index (χ0n) is 18.2. The molecule has 0 saturated heterocycles. The van der Waals surface area contributed by atoms with E-state index in [9.17, 15) is 9.59 Å². The molecule has 1 atom stereocenters. The molecular formula is C23H27N3O4S. The first kappa shape index (κ1) is 22.7.